The Hall–Kier alpha value is -2.77. The van der Waals surface area contributed by atoms with Gasteiger partial charge in [-0.05, 0) is 54.7 Å². The van der Waals surface area contributed by atoms with Crippen LogP contribution in [0.15, 0.2) is 60.2 Å². The van der Waals surface area contributed by atoms with Gasteiger partial charge in [0.15, 0.2) is 0 Å². The van der Waals surface area contributed by atoms with E-state index in [0.717, 1.165) is 29.8 Å². The van der Waals surface area contributed by atoms with Crippen molar-refractivity contribution in [2.24, 2.45) is 5.41 Å². The Labute approximate surface area is 174 Å². The van der Waals surface area contributed by atoms with Gasteiger partial charge in [0.1, 0.15) is 0 Å². The lowest BCUT2D eigenvalue weighted by Crippen LogP contribution is -2.30. The van der Waals surface area contributed by atoms with Crippen molar-refractivity contribution in [3.05, 3.63) is 82.4 Å². The maximum atomic E-state index is 13.0. The molecule has 0 N–H and O–H groups in total. The number of methoxy groups -OCH3 is 1. The van der Waals surface area contributed by atoms with Crippen LogP contribution in [0, 0.1) is 5.41 Å². The zero-order valence-electron chi connectivity index (χ0n) is 16.4. The number of ether oxygens (including phenoxy) is 1. The first-order valence-corrected chi connectivity index (χ1v) is 9.58. The summed E-state index contributed by atoms with van der Waals surface area (Å²) in [5.74, 6) is -0.533. The summed E-state index contributed by atoms with van der Waals surface area (Å²) >= 11 is 0. The Bertz CT molecular complexity index is 974. The highest BCUT2D eigenvalue weighted by molar-refractivity contribution is 5.84. The van der Waals surface area contributed by atoms with Gasteiger partial charge in [-0.1, -0.05) is 29.8 Å². The minimum absolute atomic E-state index is 0.500. The number of benzene rings is 2. The standard InChI is InChI=1S/C23H18F6O2/c1-31-19(30)12-18-10-11-20(18)13-21(20,14-2-6-16(7-3-14)22(24,25)26)15-4-8-17(9-5-15)23(27,28)29/h2-9,12H,10-11,13H2,1H3/b18-12+. The fourth-order valence-electron chi connectivity index (χ4n) is 4.89. The van der Waals surface area contributed by atoms with Crippen LogP contribution in [0.4, 0.5) is 26.3 Å². The van der Waals surface area contributed by atoms with E-state index in [9.17, 15) is 31.1 Å². The fourth-order valence-corrected chi connectivity index (χ4v) is 4.89. The van der Waals surface area contributed by atoms with Crippen LogP contribution >= 0.6 is 0 Å². The van der Waals surface area contributed by atoms with Gasteiger partial charge in [0.2, 0.25) is 0 Å². The maximum absolute atomic E-state index is 13.0. The fraction of sp³-hybridized carbons (Fsp3) is 0.348. The molecule has 0 saturated heterocycles. The van der Waals surface area contributed by atoms with Crippen molar-refractivity contribution in [1.29, 1.82) is 0 Å². The average molecular weight is 440 g/mol. The monoisotopic (exact) mass is 440 g/mol. The van der Waals surface area contributed by atoms with Crippen molar-refractivity contribution in [1.82, 2.24) is 0 Å². The highest BCUT2D eigenvalue weighted by Gasteiger charge is 2.73. The summed E-state index contributed by atoms with van der Waals surface area (Å²) in [4.78, 5) is 11.8. The van der Waals surface area contributed by atoms with E-state index in [0.29, 0.717) is 30.4 Å². The third kappa shape index (κ3) is 3.32. The van der Waals surface area contributed by atoms with Crippen molar-refractivity contribution >= 4 is 5.97 Å². The number of alkyl halides is 6. The van der Waals surface area contributed by atoms with Crippen LogP contribution in [-0.2, 0) is 27.3 Å². The maximum Gasteiger partial charge on any atom is 0.416 e. The average Bonchev–Trinajstić information content (AvgIpc) is 3.44. The third-order valence-corrected chi connectivity index (χ3v) is 6.60. The molecule has 2 aliphatic rings. The Kier molecular flexibility index (Phi) is 4.75. The molecule has 1 unspecified atom stereocenters. The molecule has 2 aliphatic carbocycles. The summed E-state index contributed by atoms with van der Waals surface area (Å²) in [5.41, 5.74) is -0.939. The van der Waals surface area contributed by atoms with Crippen LogP contribution in [0.5, 0.6) is 0 Å². The van der Waals surface area contributed by atoms with Gasteiger partial charge in [0, 0.05) is 16.9 Å². The second kappa shape index (κ2) is 6.87. The predicted molar refractivity (Wildman–Crippen MR) is 100 cm³/mol. The molecule has 2 aromatic carbocycles. The number of rotatable bonds is 3. The number of hydrogen-bond acceptors (Lipinski definition) is 2. The largest absolute Gasteiger partial charge is 0.466 e. The molecule has 31 heavy (non-hydrogen) atoms. The number of allylic oxidation sites excluding steroid dienone is 1. The van der Waals surface area contributed by atoms with E-state index in [4.69, 9.17) is 4.74 Å². The summed E-state index contributed by atoms with van der Waals surface area (Å²) < 4.78 is 82.8. The first-order valence-electron chi connectivity index (χ1n) is 9.58. The number of carbonyl (C=O) groups is 1. The first-order chi connectivity index (χ1) is 14.4. The number of hydrogen-bond donors (Lipinski definition) is 0. The lowest BCUT2D eigenvalue weighted by Gasteiger charge is -2.37. The van der Waals surface area contributed by atoms with E-state index in [2.05, 4.69) is 0 Å². The molecule has 0 bridgehead atoms. The van der Waals surface area contributed by atoms with E-state index in [-0.39, 0.29) is 0 Å². The summed E-state index contributed by atoms with van der Waals surface area (Å²) in [7, 11) is 1.25. The molecule has 0 radical (unpaired) electrons. The zero-order valence-corrected chi connectivity index (χ0v) is 16.4. The molecule has 0 aliphatic heterocycles. The summed E-state index contributed by atoms with van der Waals surface area (Å²) in [6.07, 6.45) is -5.80. The molecule has 2 saturated carbocycles. The molecule has 0 amide bonds. The second-order valence-corrected chi connectivity index (χ2v) is 8.01. The number of carbonyl (C=O) groups excluding carboxylic acids is 1. The Morgan fingerprint density at radius 2 is 1.32 bits per heavy atom. The van der Waals surface area contributed by atoms with E-state index < -0.39 is 40.3 Å². The van der Waals surface area contributed by atoms with Crippen molar-refractivity contribution in [3.8, 4) is 0 Å². The lowest BCUT2D eigenvalue weighted by molar-refractivity contribution is -0.138. The van der Waals surface area contributed by atoms with Crippen LogP contribution in [-0.4, -0.2) is 13.1 Å². The van der Waals surface area contributed by atoms with Gasteiger partial charge < -0.3 is 4.74 Å². The highest BCUT2D eigenvalue weighted by atomic mass is 19.4. The lowest BCUT2D eigenvalue weighted by atomic mass is 9.66. The first kappa shape index (κ1) is 21.5. The summed E-state index contributed by atoms with van der Waals surface area (Å²) in [5, 5.41) is 0. The van der Waals surface area contributed by atoms with Crippen molar-refractivity contribution in [3.63, 3.8) is 0 Å². The predicted octanol–water partition coefficient (Wildman–Crippen LogP) is 6.29. The SMILES string of the molecule is COC(=O)/C=C1\CCC12CC2(c1ccc(C(F)(F)F)cc1)c1ccc(C(F)(F)F)cc1. The van der Waals surface area contributed by atoms with E-state index in [1.165, 1.54) is 37.5 Å². The summed E-state index contributed by atoms with van der Waals surface area (Å²) in [6, 6.07) is 9.44. The number of esters is 1. The molecule has 0 aromatic heterocycles. The number of halogens is 6. The summed E-state index contributed by atoms with van der Waals surface area (Å²) in [6.45, 7) is 0. The molecule has 2 aromatic rings. The van der Waals surface area contributed by atoms with Crippen LogP contribution < -0.4 is 0 Å². The minimum atomic E-state index is -4.49. The zero-order chi connectivity index (χ0) is 22.7. The van der Waals surface area contributed by atoms with Crippen LogP contribution in [0.1, 0.15) is 41.5 Å². The smallest absolute Gasteiger partial charge is 0.416 e. The van der Waals surface area contributed by atoms with Gasteiger partial charge >= 0.3 is 18.3 Å². The Morgan fingerprint density at radius 3 is 1.65 bits per heavy atom. The molecule has 8 heteroatoms. The molecule has 1 spiro atoms. The van der Waals surface area contributed by atoms with Crippen molar-refractivity contribution in [2.75, 3.05) is 7.11 Å². The van der Waals surface area contributed by atoms with Gasteiger partial charge in [-0.25, -0.2) is 4.79 Å². The molecule has 1 atom stereocenters. The molecule has 0 heterocycles. The van der Waals surface area contributed by atoms with Crippen LogP contribution in [0.2, 0.25) is 0 Å². The van der Waals surface area contributed by atoms with E-state index in [1.807, 2.05) is 0 Å². The van der Waals surface area contributed by atoms with Crippen LogP contribution in [0.3, 0.4) is 0 Å². The normalized spacial score (nSPS) is 23.5. The molecule has 2 fully saturated rings. The Balaban J connectivity index is 1.80. The van der Waals surface area contributed by atoms with Gasteiger partial charge in [-0.15, -0.1) is 0 Å². The van der Waals surface area contributed by atoms with Crippen LogP contribution in [0.25, 0.3) is 0 Å². The molecular weight excluding hydrogens is 422 g/mol. The molecular formula is C23H18F6O2. The van der Waals surface area contributed by atoms with Gasteiger partial charge in [0.05, 0.1) is 18.2 Å². The van der Waals surface area contributed by atoms with E-state index in [1.54, 1.807) is 0 Å². The van der Waals surface area contributed by atoms with E-state index >= 15 is 0 Å². The molecule has 2 nitrogen and oxygen atoms in total. The molecule has 4 rings (SSSR count). The van der Waals surface area contributed by atoms with Gasteiger partial charge in [-0.2, -0.15) is 26.3 Å². The minimum Gasteiger partial charge on any atom is -0.466 e. The highest BCUT2D eigenvalue weighted by Crippen LogP contribution is 2.78. The van der Waals surface area contributed by atoms with Gasteiger partial charge in [-0.3, -0.25) is 0 Å². The second-order valence-electron chi connectivity index (χ2n) is 8.01. The Morgan fingerprint density at radius 1 is 0.871 bits per heavy atom. The quantitative estimate of drug-likeness (QED) is 0.318. The molecule has 164 valence electrons. The van der Waals surface area contributed by atoms with Crippen molar-refractivity contribution in [2.45, 2.75) is 37.0 Å². The van der Waals surface area contributed by atoms with Gasteiger partial charge in [0.25, 0.3) is 0 Å². The third-order valence-electron chi connectivity index (χ3n) is 6.60. The topological polar surface area (TPSA) is 26.3 Å². The van der Waals surface area contributed by atoms with Crippen molar-refractivity contribution < 1.29 is 35.9 Å².